The van der Waals surface area contributed by atoms with E-state index in [0.29, 0.717) is 0 Å². The van der Waals surface area contributed by atoms with Gasteiger partial charge in [0.15, 0.2) is 0 Å². The summed E-state index contributed by atoms with van der Waals surface area (Å²) in [4.78, 5) is 2.64. The fraction of sp³-hybridized carbons (Fsp3) is 0.917. The minimum Gasteiger partial charge on any atom is -0.303 e. The molecule has 1 atom stereocenters. The minimum absolute atomic E-state index is 0.953. The highest BCUT2D eigenvalue weighted by Crippen LogP contribution is 2.25. The van der Waals surface area contributed by atoms with Crippen LogP contribution in [-0.4, -0.2) is 24.5 Å². The first kappa shape index (κ1) is 9.51. The lowest BCUT2D eigenvalue weighted by atomic mass is 9.87. The second kappa shape index (κ2) is 4.99. The van der Waals surface area contributed by atoms with E-state index in [-0.39, 0.29) is 0 Å². The van der Waals surface area contributed by atoms with Gasteiger partial charge < -0.3 is 4.90 Å². The molecule has 1 heterocycles. The molecule has 1 saturated heterocycles. The first-order valence-electron chi connectivity index (χ1n) is 6.01. The zero-order valence-electron chi connectivity index (χ0n) is 8.67. The summed E-state index contributed by atoms with van der Waals surface area (Å²) in [6.45, 7) is 4.10. The van der Waals surface area contributed by atoms with E-state index >= 15 is 0 Å². The smallest absolute Gasteiger partial charge is 0.00160 e. The second-order valence-corrected chi connectivity index (χ2v) is 4.62. The molecule has 1 aliphatic heterocycles. The van der Waals surface area contributed by atoms with Gasteiger partial charge >= 0.3 is 0 Å². The van der Waals surface area contributed by atoms with Gasteiger partial charge in [-0.1, -0.05) is 19.3 Å². The van der Waals surface area contributed by atoms with Crippen molar-refractivity contribution in [3.05, 3.63) is 6.42 Å². The summed E-state index contributed by atoms with van der Waals surface area (Å²) in [6, 6.07) is 0. The van der Waals surface area contributed by atoms with E-state index in [9.17, 15) is 0 Å². The molecule has 2 rings (SSSR count). The van der Waals surface area contributed by atoms with Crippen LogP contribution in [0.3, 0.4) is 0 Å². The van der Waals surface area contributed by atoms with Gasteiger partial charge in [0.25, 0.3) is 0 Å². The maximum absolute atomic E-state index is 2.64. The topological polar surface area (TPSA) is 3.24 Å². The summed E-state index contributed by atoms with van der Waals surface area (Å²) in [5.41, 5.74) is 0. The molecule has 1 aliphatic carbocycles. The van der Waals surface area contributed by atoms with Gasteiger partial charge in [-0.05, 0) is 57.7 Å². The van der Waals surface area contributed by atoms with Crippen molar-refractivity contribution in [2.75, 3.05) is 19.6 Å². The molecule has 1 saturated carbocycles. The third-order valence-corrected chi connectivity index (χ3v) is 3.54. The SMILES string of the molecule is [CH]1CCCCC1CCN1CCCC1. The Hall–Kier alpha value is -0.0400. The number of rotatable bonds is 3. The van der Waals surface area contributed by atoms with Gasteiger partial charge in [-0.15, -0.1) is 0 Å². The number of hydrogen-bond donors (Lipinski definition) is 0. The van der Waals surface area contributed by atoms with E-state index in [2.05, 4.69) is 11.3 Å². The lowest BCUT2D eigenvalue weighted by molar-refractivity contribution is 0.295. The van der Waals surface area contributed by atoms with Crippen molar-refractivity contribution in [2.45, 2.75) is 44.9 Å². The standard InChI is InChI=1S/C12H22N/c1-2-6-12(7-3-1)8-11-13-9-4-5-10-13/h6,12H,1-5,7-11H2. The van der Waals surface area contributed by atoms with Crippen LogP contribution in [0, 0.1) is 12.3 Å². The van der Waals surface area contributed by atoms with E-state index in [1.807, 2.05) is 0 Å². The molecule has 1 radical (unpaired) electrons. The molecule has 1 nitrogen and oxygen atoms in total. The molecule has 0 aromatic rings. The maximum Gasteiger partial charge on any atom is -0.00160 e. The zero-order chi connectivity index (χ0) is 8.93. The first-order valence-corrected chi connectivity index (χ1v) is 6.01. The van der Waals surface area contributed by atoms with E-state index in [0.717, 1.165) is 5.92 Å². The number of hydrogen-bond acceptors (Lipinski definition) is 1. The van der Waals surface area contributed by atoms with Crippen LogP contribution in [0.5, 0.6) is 0 Å². The highest BCUT2D eigenvalue weighted by Gasteiger charge is 2.16. The molecule has 13 heavy (non-hydrogen) atoms. The molecule has 0 bridgehead atoms. The van der Waals surface area contributed by atoms with Crippen LogP contribution >= 0.6 is 0 Å². The fourth-order valence-corrected chi connectivity index (χ4v) is 2.64. The average molecular weight is 180 g/mol. The summed E-state index contributed by atoms with van der Waals surface area (Å²) in [6.07, 6.45) is 12.6. The molecule has 0 spiro atoms. The molecule has 0 aromatic carbocycles. The summed E-state index contributed by atoms with van der Waals surface area (Å²) in [5, 5.41) is 0. The monoisotopic (exact) mass is 180 g/mol. The van der Waals surface area contributed by atoms with Crippen molar-refractivity contribution in [1.29, 1.82) is 0 Å². The predicted molar refractivity (Wildman–Crippen MR) is 56.5 cm³/mol. The van der Waals surface area contributed by atoms with Crippen molar-refractivity contribution in [3.63, 3.8) is 0 Å². The first-order chi connectivity index (χ1) is 6.45. The van der Waals surface area contributed by atoms with Gasteiger partial charge in [-0.25, -0.2) is 0 Å². The summed E-state index contributed by atoms with van der Waals surface area (Å²) in [7, 11) is 0. The molecule has 0 aromatic heterocycles. The quantitative estimate of drug-likeness (QED) is 0.645. The van der Waals surface area contributed by atoms with Gasteiger partial charge in [0.05, 0.1) is 0 Å². The summed E-state index contributed by atoms with van der Waals surface area (Å²) >= 11 is 0. The Morgan fingerprint density at radius 3 is 2.62 bits per heavy atom. The zero-order valence-corrected chi connectivity index (χ0v) is 8.67. The molecule has 2 aliphatic rings. The van der Waals surface area contributed by atoms with E-state index in [4.69, 9.17) is 0 Å². The largest absolute Gasteiger partial charge is 0.303 e. The van der Waals surface area contributed by atoms with Gasteiger partial charge in [0.2, 0.25) is 0 Å². The lowest BCUT2D eigenvalue weighted by Crippen LogP contribution is -2.23. The highest BCUT2D eigenvalue weighted by molar-refractivity contribution is 4.82. The molecule has 2 fully saturated rings. The Bertz CT molecular complexity index is 132. The molecular formula is C12H22N. The lowest BCUT2D eigenvalue weighted by Gasteiger charge is -2.23. The minimum atomic E-state index is 0.953. The van der Waals surface area contributed by atoms with Crippen LogP contribution in [-0.2, 0) is 0 Å². The summed E-state index contributed by atoms with van der Waals surface area (Å²) in [5.74, 6) is 0.953. The number of nitrogens with zero attached hydrogens (tertiary/aromatic N) is 1. The van der Waals surface area contributed by atoms with Crippen molar-refractivity contribution >= 4 is 0 Å². The maximum atomic E-state index is 2.64. The van der Waals surface area contributed by atoms with Crippen LogP contribution in [0.1, 0.15) is 44.9 Å². The molecule has 75 valence electrons. The molecule has 1 unspecified atom stereocenters. The van der Waals surface area contributed by atoms with Gasteiger partial charge in [-0.3, -0.25) is 0 Å². The van der Waals surface area contributed by atoms with Crippen molar-refractivity contribution < 1.29 is 0 Å². The third-order valence-electron chi connectivity index (χ3n) is 3.54. The Balaban J connectivity index is 1.60. The van der Waals surface area contributed by atoms with Gasteiger partial charge in [-0.2, -0.15) is 0 Å². The Labute approximate surface area is 82.5 Å². The summed E-state index contributed by atoms with van der Waals surface area (Å²) < 4.78 is 0. The van der Waals surface area contributed by atoms with Crippen molar-refractivity contribution in [2.24, 2.45) is 5.92 Å². The molecule has 1 heteroatoms. The van der Waals surface area contributed by atoms with Gasteiger partial charge in [0, 0.05) is 0 Å². The molecule has 0 amide bonds. The Morgan fingerprint density at radius 2 is 1.92 bits per heavy atom. The van der Waals surface area contributed by atoms with Crippen LogP contribution in [0.2, 0.25) is 0 Å². The average Bonchev–Trinajstić information content (AvgIpc) is 2.69. The van der Waals surface area contributed by atoms with Crippen molar-refractivity contribution in [3.8, 4) is 0 Å². The Morgan fingerprint density at radius 1 is 1.08 bits per heavy atom. The van der Waals surface area contributed by atoms with Crippen LogP contribution in [0.15, 0.2) is 0 Å². The molecule has 0 N–H and O–H groups in total. The van der Waals surface area contributed by atoms with E-state index < -0.39 is 0 Å². The third kappa shape index (κ3) is 2.98. The van der Waals surface area contributed by atoms with E-state index in [1.165, 1.54) is 64.6 Å². The van der Waals surface area contributed by atoms with E-state index in [1.54, 1.807) is 0 Å². The Kier molecular flexibility index (Phi) is 3.65. The highest BCUT2D eigenvalue weighted by atomic mass is 15.1. The van der Waals surface area contributed by atoms with Crippen molar-refractivity contribution in [1.82, 2.24) is 4.90 Å². The van der Waals surface area contributed by atoms with Crippen LogP contribution in [0.4, 0.5) is 0 Å². The van der Waals surface area contributed by atoms with Crippen LogP contribution < -0.4 is 0 Å². The second-order valence-electron chi connectivity index (χ2n) is 4.62. The van der Waals surface area contributed by atoms with Gasteiger partial charge in [0.1, 0.15) is 0 Å². The normalized spacial score (nSPS) is 26.8. The van der Waals surface area contributed by atoms with Crippen LogP contribution in [0.25, 0.3) is 0 Å². The fourth-order valence-electron chi connectivity index (χ4n) is 2.64. The molecular weight excluding hydrogens is 158 g/mol. The predicted octanol–water partition coefficient (Wildman–Crippen LogP) is 2.87. The number of likely N-dealkylation sites (tertiary alicyclic amines) is 1.